The zero-order chi connectivity index (χ0) is 23.7. The van der Waals surface area contributed by atoms with Crippen molar-refractivity contribution < 1.29 is 0 Å². The standard InChI is InChI=1S/C24H31ClN6O2/c1-16(2)10-13-30-20-21(27-23(30)29-12-6-8-18(26)15-29)28(3)24(33)31(22(20)32)14-11-17-7-4-5-9-19(17)25/h4-5,7,9-10,18H,6,8,11-15,26H2,1-3H3. The number of nitrogens with two attached hydrogens (primary N) is 1. The maximum Gasteiger partial charge on any atom is 0.332 e. The number of allylic oxidation sites excluding steroid dienone is 2. The number of piperidine rings is 1. The molecule has 3 aromatic rings. The summed E-state index contributed by atoms with van der Waals surface area (Å²) in [6.07, 6.45) is 4.48. The van der Waals surface area contributed by atoms with E-state index in [0.29, 0.717) is 41.6 Å². The van der Waals surface area contributed by atoms with Gasteiger partial charge in [0.2, 0.25) is 5.95 Å². The van der Waals surface area contributed by atoms with Crippen LogP contribution >= 0.6 is 11.6 Å². The molecule has 0 saturated carbocycles. The SMILES string of the molecule is CC(C)=CCn1c(N2CCCC(N)C2)nc2c1c(=O)n(CCc1ccccc1Cl)c(=O)n2C. The zero-order valence-electron chi connectivity index (χ0n) is 19.4. The summed E-state index contributed by atoms with van der Waals surface area (Å²) in [5, 5.41) is 0.626. The predicted molar refractivity (Wildman–Crippen MR) is 133 cm³/mol. The summed E-state index contributed by atoms with van der Waals surface area (Å²) < 4.78 is 4.68. The van der Waals surface area contributed by atoms with Gasteiger partial charge in [0.25, 0.3) is 5.56 Å². The van der Waals surface area contributed by atoms with Crippen molar-refractivity contribution in [2.75, 3.05) is 18.0 Å². The second-order valence-corrected chi connectivity index (χ2v) is 9.37. The van der Waals surface area contributed by atoms with Crippen molar-refractivity contribution in [2.45, 2.75) is 52.2 Å². The fraction of sp³-hybridized carbons (Fsp3) is 0.458. The van der Waals surface area contributed by atoms with E-state index in [1.54, 1.807) is 7.05 Å². The molecule has 2 N–H and O–H groups in total. The summed E-state index contributed by atoms with van der Waals surface area (Å²) in [4.78, 5) is 33.7. The highest BCUT2D eigenvalue weighted by molar-refractivity contribution is 6.31. The van der Waals surface area contributed by atoms with E-state index < -0.39 is 0 Å². The lowest BCUT2D eigenvalue weighted by atomic mass is 10.1. The molecule has 8 nitrogen and oxygen atoms in total. The fourth-order valence-electron chi connectivity index (χ4n) is 4.37. The lowest BCUT2D eigenvalue weighted by Gasteiger charge is -2.31. The van der Waals surface area contributed by atoms with Crippen molar-refractivity contribution in [1.29, 1.82) is 0 Å². The molecule has 33 heavy (non-hydrogen) atoms. The number of benzene rings is 1. The number of aromatic nitrogens is 4. The van der Waals surface area contributed by atoms with Crippen LogP contribution in [0.15, 0.2) is 45.5 Å². The Bertz CT molecular complexity index is 1310. The summed E-state index contributed by atoms with van der Waals surface area (Å²) in [5.74, 6) is 0.689. The van der Waals surface area contributed by atoms with E-state index in [1.165, 1.54) is 9.13 Å². The van der Waals surface area contributed by atoms with Gasteiger partial charge in [-0.25, -0.2) is 4.79 Å². The molecule has 1 aliphatic rings. The average molecular weight is 471 g/mol. The van der Waals surface area contributed by atoms with Gasteiger partial charge in [-0.2, -0.15) is 4.98 Å². The minimum atomic E-state index is -0.381. The van der Waals surface area contributed by atoms with Crippen LogP contribution in [0.4, 0.5) is 5.95 Å². The number of imidazole rings is 1. The lowest BCUT2D eigenvalue weighted by Crippen LogP contribution is -2.44. The van der Waals surface area contributed by atoms with Gasteiger partial charge < -0.3 is 15.2 Å². The summed E-state index contributed by atoms with van der Waals surface area (Å²) >= 11 is 6.29. The molecule has 0 spiro atoms. The van der Waals surface area contributed by atoms with Gasteiger partial charge in [0.1, 0.15) is 0 Å². The molecule has 1 unspecified atom stereocenters. The third-order valence-electron chi connectivity index (χ3n) is 6.20. The van der Waals surface area contributed by atoms with E-state index >= 15 is 0 Å². The van der Waals surface area contributed by atoms with Gasteiger partial charge in [-0.3, -0.25) is 13.9 Å². The molecule has 1 aliphatic heterocycles. The second-order valence-electron chi connectivity index (χ2n) is 8.96. The number of hydrogen-bond donors (Lipinski definition) is 1. The Labute approximate surface area is 197 Å². The molecule has 1 saturated heterocycles. The number of rotatable bonds is 6. The number of aryl methyl sites for hydroxylation is 2. The fourth-order valence-corrected chi connectivity index (χ4v) is 4.60. The van der Waals surface area contributed by atoms with Crippen LogP contribution < -0.4 is 21.9 Å². The number of nitrogens with zero attached hydrogens (tertiary/aromatic N) is 5. The molecule has 0 bridgehead atoms. The Hall–Kier alpha value is -2.84. The van der Waals surface area contributed by atoms with Gasteiger partial charge in [-0.05, 0) is 44.7 Å². The van der Waals surface area contributed by atoms with E-state index in [4.69, 9.17) is 22.3 Å². The van der Waals surface area contributed by atoms with Crippen LogP contribution in [0.2, 0.25) is 5.02 Å². The predicted octanol–water partition coefficient (Wildman–Crippen LogP) is 2.69. The van der Waals surface area contributed by atoms with Crippen molar-refractivity contribution in [2.24, 2.45) is 12.8 Å². The first-order chi connectivity index (χ1) is 15.8. The van der Waals surface area contributed by atoms with Crippen molar-refractivity contribution in [3.05, 3.63) is 67.3 Å². The molecule has 176 valence electrons. The average Bonchev–Trinajstić information content (AvgIpc) is 3.17. The summed E-state index contributed by atoms with van der Waals surface area (Å²) in [6.45, 7) is 6.27. The van der Waals surface area contributed by atoms with Crippen LogP contribution in [0.5, 0.6) is 0 Å². The third kappa shape index (κ3) is 4.63. The van der Waals surface area contributed by atoms with Crippen LogP contribution in [0.1, 0.15) is 32.3 Å². The molecule has 4 rings (SSSR count). The maximum atomic E-state index is 13.6. The molecular weight excluding hydrogens is 440 g/mol. The van der Waals surface area contributed by atoms with Gasteiger partial charge >= 0.3 is 5.69 Å². The van der Waals surface area contributed by atoms with E-state index in [-0.39, 0.29) is 23.8 Å². The number of anilines is 1. The van der Waals surface area contributed by atoms with Gasteiger partial charge in [0.05, 0.1) is 0 Å². The van der Waals surface area contributed by atoms with Gasteiger partial charge in [-0.15, -0.1) is 0 Å². The van der Waals surface area contributed by atoms with Crippen LogP contribution in [0, 0.1) is 0 Å². The van der Waals surface area contributed by atoms with Crippen molar-refractivity contribution in [3.8, 4) is 0 Å². The monoisotopic (exact) mass is 470 g/mol. The highest BCUT2D eigenvalue weighted by atomic mass is 35.5. The van der Waals surface area contributed by atoms with Crippen molar-refractivity contribution in [3.63, 3.8) is 0 Å². The molecule has 3 heterocycles. The van der Waals surface area contributed by atoms with Gasteiger partial charge in [-0.1, -0.05) is 41.4 Å². The normalized spacial score (nSPS) is 16.4. The van der Waals surface area contributed by atoms with Gasteiger partial charge in [0, 0.05) is 44.3 Å². The highest BCUT2D eigenvalue weighted by Gasteiger charge is 2.26. The zero-order valence-corrected chi connectivity index (χ0v) is 20.2. The number of fused-ring (bicyclic) bond motifs is 1. The smallest absolute Gasteiger partial charge is 0.332 e. The Kier molecular flexibility index (Phi) is 6.76. The summed E-state index contributed by atoms with van der Waals surface area (Å²) in [6, 6.07) is 7.54. The second kappa shape index (κ2) is 9.57. The quantitative estimate of drug-likeness (QED) is 0.559. The molecule has 1 atom stereocenters. The van der Waals surface area contributed by atoms with E-state index in [9.17, 15) is 9.59 Å². The topological polar surface area (TPSA) is 91.1 Å². The molecule has 9 heteroatoms. The van der Waals surface area contributed by atoms with Crippen LogP contribution in [0.25, 0.3) is 11.2 Å². The molecule has 1 fully saturated rings. The highest BCUT2D eigenvalue weighted by Crippen LogP contribution is 2.23. The Morgan fingerprint density at radius 1 is 1.24 bits per heavy atom. The third-order valence-corrected chi connectivity index (χ3v) is 6.57. The molecule has 1 aromatic carbocycles. The van der Waals surface area contributed by atoms with Crippen molar-refractivity contribution >= 4 is 28.7 Å². The molecule has 0 radical (unpaired) electrons. The molecule has 0 amide bonds. The first-order valence-electron chi connectivity index (χ1n) is 11.3. The van der Waals surface area contributed by atoms with Crippen molar-refractivity contribution in [1.82, 2.24) is 18.7 Å². The Morgan fingerprint density at radius 3 is 2.70 bits per heavy atom. The van der Waals surface area contributed by atoms with E-state index in [2.05, 4.69) is 11.0 Å². The molecule has 0 aliphatic carbocycles. The van der Waals surface area contributed by atoms with Gasteiger partial charge in [0.15, 0.2) is 11.2 Å². The minimum Gasteiger partial charge on any atom is -0.341 e. The van der Waals surface area contributed by atoms with Crippen LogP contribution in [0.3, 0.4) is 0 Å². The first kappa shape index (κ1) is 23.3. The largest absolute Gasteiger partial charge is 0.341 e. The number of hydrogen-bond acceptors (Lipinski definition) is 5. The molecular formula is C24H31ClN6O2. The van der Waals surface area contributed by atoms with E-state index in [0.717, 1.165) is 30.5 Å². The van der Waals surface area contributed by atoms with Crippen LogP contribution in [-0.4, -0.2) is 37.8 Å². The van der Waals surface area contributed by atoms with Crippen LogP contribution in [-0.2, 0) is 26.6 Å². The number of halogens is 1. The first-order valence-corrected chi connectivity index (χ1v) is 11.7. The molecule has 2 aromatic heterocycles. The van der Waals surface area contributed by atoms with E-state index in [1.807, 2.05) is 42.7 Å². The summed E-state index contributed by atoms with van der Waals surface area (Å²) in [7, 11) is 1.67. The minimum absolute atomic E-state index is 0.0616. The Morgan fingerprint density at radius 2 is 2.00 bits per heavy atom. The lowest BCUT2D eigenvalue weighted by molar-refractivity contribution is 0.495. The Balaban J connectivity index is 1.85. The summed E-state index contributed by atoms with van der Waals surface area (Å²) in [5.41, 5.74) is 8.38. The maximum absolute atomic E-state index is 13.6.